The first kappa shape index (κ1) is 64.4. The number of carbonyl (C=O) groups is 9. The molecule has 0 radical (unpaired) electrons. The highest BCUT2D eigenvalue weighted by Crippen LogP contribution is 2.26. The fourth-order valence-electron chi connectivity index (χ4n) is 8.67. The molecule has 0 spiro atoms. The molecule has 1 rings (SSSR count). The maximum absolute atomic E-state index is 14.9. The van der Waals surface area contributed by atoms with Gasteiger partial charge in [-0.1, -0.05) is 74.1 Å². The molecule has 0 aromatic heterocycles. The number of carbonyl (C=O) groups excluding carboxylic acids is 9. The van der Waals surface area contributed by atoms with Crippen molar-refractivity contribution in [1.29, 1.82) is 0 Å². The third-order valence-corrected chi connectivity index (χ3v) is 12.8. The largest absolute Gasteiger partial charge is 0.444 e. The van der Waals surface area contributed by atoms with Gasteiger partial charge in [-0.2, -0.15) is 0 Å². The second kappa shape index (κ2) is 29.2. The highest BCUT2D eigenvalue weighted by atomic mass is 16.6. The third-order valence-electron chi connectivity index (χ3n) is 12.8. The maximum atomic E-state index is 14.9. The summed E-state index contributed by atoms with van der Waals surface area (Å²) in [5.41, 5.74) is -0.302. The van der Waals surface area contributed by atoms with E-state index in [0.29, 0.717) is 12.1 Å². The third kappa shape index (κ3) is 19.1. The summed E-state index contributed by atoms with van der Waals surface area (Å²) >= 11 is 0. The van der Waals surface area contributed by atoms with Crippen molar-refractivity contribution in [2.24, 2.45) is 29.6 Å². The first-order valence-electron chi connectivity index (χ1n) is 25.3. The van der Waals surface area contributed by atoms with Gasteiger partial charge < -0.3 is 49.9 Å². The first-order chi connectivity index (χ1) is 33.2. The molecule has 0 fully saturated rings. The number of hydrogen-bond donors (Lipinski definition) is 3. The van der Waals surface area contributed by atoms with E-state index in [1.807, 2.05) is 46.8 Å². The van der Waals surface area contributed by atoms with Crippen LogP contribution in [-0.4, -0.2) is 185 Å². The molecule has 0 aromatic carbocycles. The van der Waals surface area contributed by atoms with E-state index in [1.54, 1.807) is 54.5 Å². The predicted molar refractivity (Wildman–Crippen MR) is 277 cm³/mol. The van der Waals surface area contributed by atoms with E-state index in [-0.39, 0.29) is 63.1 Å². The van der Waals surface area contributed by atoms with Crippen molar-refractivity contribution in [2.75, 3.05) is 54.9 Å². The van der Waals surface area contributed by atoms with Gasteiger partial charge in [0.15, 0.2) is 5.78 Å². The lowest BCUT2D eigenvalue weighted by Gasteiger charge is -2.41. The summed E-state index contributed by atoms with van der Waals surface area (Å²) in [5, 5.41) is 17.2. The summed E-state index contributed by atoms with van der Waals surface area (Å²) in [5.74, 6) is -6.21. The SMILES string of the molecule is C=C1C=CC(=O)N1CCNC(=O)CN(C)C(=O)[C@H](CC)CC(=O)[C@H]([C@H](O)[C@H](C)C/C=C/C)N(C)C(=O)[C@H](C(C)C)N(C)C(=O)[C@H](CC(C)C)N(C)C(=O)[C@H](CC(C)C)N(C)C(=O)[C@@H](C)NC(=O)OC(C)(C)C. The van der Waals surface area contributed by atoms with Gasteiger partial charge >= 0.3 is 6.09 Å². The van der Waals surface area contributed by atoms with Crippen molar-refractivity contribution in [3.63, 3.8) is 0 Å². The normalized spacial score (nSPS) is 16.2. The molecule has 0 aromatic rings. The van der Waals surface area contributed by atoms with Crippen molar-refractivity contribution in [3.8, 4) is 0 Å². The Morgan fingerprint density at radius 2 is 1.28 bits per heavy atom. The molecular weight excluding hydrogens is 925 g/mol. The molecule has 0 aliphatic carbocycles. The van der Waals surface area contributed by atoms with Crippen LogP contribution in [0.2, 0.25) is 0 Å². The summed E-state index contributed by atoms with van der Waals surface area (Å²) in [6, 6.07) is -5.80. The van der Waals surface area contributed by atoms with Crippen molar-refractivity contribution >= 4 is 53.2 Å². The number of likely N-dealkylation sites (N-methyl/N-ethyl adjacent to an activating group) is 5. The van der Waals surface area contributed by atoms with Gasteiger partial charge in [-0.25, -0.2) is 4.79 Å². The lowest BCUT2D eigenvalue weighted by Crippen LogP contribution is -2.61. The number of nitrogens with one attached hydrogen (secondary N) is 2. The second-order valence-electron chi connectivity index (χ2n) is 21.5. The van der Waals surface area contributed by atoms with E-state index in [9.17, 15) is 48.3 Å². The number of aliphatic hydroxyl groups is 1. The van der Waals surface area contributed by atoms with Crippen molar-refractivity contribution < 1.29 is 53.0 Å². The van der Waals surface area contributed by atoms with E-state index >= 15 is 0 Å². The van der Waals surface area contributed by atoms with Gasteiger partial charge in [-0.15, -0.1) is 0 Å². The van der Waals surface area contributed by atoms with Gasteiger partial charge in [0, 0.05) is 72.4 Å². The van der Waals surface area contributed by atoms with Gasteiger partial charge in [-0.05, 0) is 90.0 Å². The van der Waals surface area contributed by atoms with Crippen LogP contribution < -0.4 is 10.6 Å². The van der Waals surface area contributed by atoms with Crippen LogP contribution in [0.3, 0.4) is 0 Å². The molecule has 8 atom stereocenters. The number of alkyl carbamates (subject to hydrolysis) is 1. The van der Waals surface area contributed by atoms with E-state index in [4.69, 9.17) is 4.74 Å². The Balaban J connectivity index is 3.55. The fourth-order valence-corrected chi connectivity index (χ4v) is 8.67. The summed E-state index contributed by atoms with van der Waals surface area (Å²) in [7, 11) is 7.28. The van der Waals surface area contributed by atoms with Crippen LogP contribution in [-0.2, 0) is 43.1 Å². The quantitative estimate of drug-likeness (QED) is 0.0932. The lowest BCUT2D eigenvalue weighted by molar-refractivity contribution is -0.157. The second-order valence-corrected chi connectivity index (χ2v) is 21.5. The topological polar surface area (TPSA) is 227 Å². The van der Waals surface area contributed by atoms with Crippen LogP contribution in [0, 0.1) is 29.6 Å². The minimum atomic E-state index is -1.44. The average Bonchev–Trinajstić information content (AvgIpc) is 3.60. The highest BCUT2D eigenvalue weighted by Gasteiger charge is 2.44. The van der Waals surface area contributed by atoms with E-state index in [0.717, 1.165) is 4.90 Å². The van der Waals surface area contributed by atoms with Gasteiger partial charge in [0.1, 0.15) is 35.8 Å². The van der Waals surface area contributed by atoms with Crippen LogP contribution in [0.4, 0.5) is 4.79 Å². The van der Waals surface area contributed by atoms with Crippen molar-refractivity contribution in [2.45, 2.75) is 164 Å². The number of allylic oxidation sites excluding steroid dienone is 3. The Morgan fingerprint density at radius 1 is 0.764 bits per heavy atom. The summed E-state index contributed by atoms with van der Waals surface area (Å²) < 4.78 is 5.33. The molecule has 0 unspecified atom stereocenters. The van der Waals surface area contributed by atoms with E-state index < -0.39 is 107 Å². The van der Waals surface area contributed by atoms with Gasteiger partial charge in [-0.3, -0.25) is 38.4 Å². The molecular formula is C53H90N8O11. The molecule has 1 aliphatic rings. The molecule has 1 aliphatic heterocycles. The van der Waals surface area contributed by atoms with Crippen molar-refractivity contribution in [1.82, 2.24) is 40.0 Å². The van der Waals surface area contributed by atoms with E-state index in [2.05, 4.69) is 17.2 Å². The Hall–Kier alpha value is -5.59. The lowest BCUT2D eigenvalue weighted by atomic mass is 9.86. The Bertz CT molecular complexity index is 1960. The molecule has 72 heavy (non-hydrogen) atoms. The number of rotatable bonds is 28. The van der Waals surface area contributed by atoms with Gasteiger partial charge in [0.05, 0.1) is 12.6 Å². The van der Waals surface area contributed by atoms with Crippen molar-refractivity contribution in [3.05, 3.63) is 36.6 Å². The molecule has 0 saturated heterocycles. The number of hydrogen-bond acceptors (Lipinski definition) is 11. The summed E-state index contributed by atoms with van der Waals surface area (Å²) in [4.78, 5) is 132. The zero-order valence-electron chi connectivity index (χ0n) is 46.7. The van der Waals surface area contributed by atoms with Crippen LogP contribution in [0.15, 0.2) is 36.6 Å². The van der Waals surface area contributed by atoms with Gasteiger partial charge in [0.25, 0.3) is 5.91 Å². The fraction of sp³-hybridized carbons (Fsp3) is 0.717. The molecule has 19 nitrogen and oxygen atoms in total. The molecule has 408 valence electrons. The number of ketones is 1. The Kier molecular flexibility index (Phi) is 26.1. The van der Waals surface area contributed by atoms with E-state index in [1.165, 1.54) is 72.7 Å². The number of aliphatic hydroxyl groups excluding tert-OH is 1. The number of amides is 8. The first-order valence-corrected chi connectivity index (χ1v) is 25.3. The minimum absolute atomic E-state index is 0.0636. The Morgan fingerprint density at radius 3 is 1.74 bits per heavy atom. The van der Waals surface area contributed by atoms with Crippen LogP contribution in [0.5, 0.6) is 0 Å². The van der Waals surface area contributed by atoms with Crippen LogP contribution >= 0.6 is 0 Å². The monoisotopic (exact) mass is 1010 g/mol. The molecule has 8 amide bonds. The average molecular weight is 1020 g/mol. The highest BCUT2D eigenvalue weighted by molar-refractivity contribution is 5.98. The molecule has 0 saturated carbocycles. The number of nitrogens with zero attached hydrogens (tertiary/aromatic N) is 6. The standard InChI is InChI=1S/C53H90N8O11/c1-20-22-23-35(9)46(65)45(41(62)30-38(21-2)48(67)56(15)31-42(63)54-26-27-61-36(10)24-25-43(61)64)60(19)51(70)44(34(7)8)59(18)50(69)40(29-33(5)6)58(17)49(68)39(28-32(3)4)57(16)47(66)37(11)55-52(71)72-53(12,13)14/h20,22,24-25,32-35,37-40,44-46,65H,10,21,23,26-31H2,1-9,11-19H3,(H,54,63)(H,55,71)/b22-20+/t35-,37-,38-,39+,40+,44+,45-,46-/m1/s1. The Labute approximate surface area is 430 Å². The summed E-state index contributed by atoms with van der Waals surface area (Å²) in [6.07, 6.45) is 5.07. The predicted octanol–water partition coefficient (Wildman–Crippen LogP) is 4.39. The zero-order chi connectivity index (χ0) is 55.7. The number of Topliss-reactive ketones (excluding diaryl/α,β-unsaturated/α-hetero) is 1. The maximum Gasteiger partial charge on any atom is 0.408 e. The molecule has 0 bridgehead atoms. The molecule has 19 heteroatoms. The van der Waals surface area contributed by atoms with Gasteiger partial charge in [0.2, 0.25) is 35.4 Å². The van der Waals surface area contributed by atoms with Crippen LogP contribution in [0.1, 0.15) is 122 Å². The zero-order valence-corrected chi connectivity index (χ0v) is 46.7. The summed E-state index contributed by atoms with van der Waals surface area (Å²) in [6.45, 7) is 26.8. The number of ether oxygens (including phenoxy) is 1. The molecule has 1 heterocycles. The minimum Gasteiger partial charge on any atom is -0.444 e. The van der Waals surface area contributed by atoms with Crippen LogP contribution in [0.25, 0.3) is 0 Å². The molecule has 3 N–H and O–H groups in total. The smallest absolute Gasteiger partial charge is 0.408 e.